The highest BCUT2D eigenvalue weighted by molar-refractivity contribution is 7.92. The minimum Gasteiger partial charge on any atom is -0.497 e. The van der Waals surface area contributed by atoms with Crippen LogP contribution in [0.15, 0.2) is 24.3 Å². The largest absolute Gasteiger partial charge is 0.497 e. The van der Waals surface area contributed by atoms with E-state index in [-0.39, 0.29) is 5.75 Å². The lowest BCUT2D eigenvalue weighted by Crippen LogP contribution is -2.31. The molecule has 0 saturated heterocycles. The first-order valence-corrected chi connectivity index (χ1v) is 7.61. The van der Waals surface area contributed by atoms with Gasteiger partial charge >= 0.3 is 0 Å². The average molecular weight is 272 g/mol. The third-order valence-electron chi connectivity index (χ3n) is 3.08. The van der Waals surface area contributed by atoms with Gasteiger partial charge in [-0.05, 0) is 38.0 Å². The zero-order valence-electron chi connectivity index (χ0n) is 11.0. The van der Waals surface area contributed by atoms with Gasteiger partial charge in [0, 0.05) is 0 Å². The lowest BCUT2D eigenvalue weighted by atomic mass is 10.2. The Morgan fingerprint density at radius 1 is 1.22 bits per heavy atom. The van der Waals surface area contributed by atoms with Crippen molar-refractivity contribution in [3.8, 4) is 5.75 Å². The van der Waals surface area contributed by atoms with Crippen molar-refractivity contribution in [2.24, 2.45) is 0 Å². The molecule has 0 aromatic heterocycles. The molecule has 0 spiro atoms. The van der Waals surface area contributed by atoms with Crippen molar-refractivity contribution in [3.63, 3.8) is 0 Å². The molecule has 1 aromatic rings. The van der Waals surface area contributed by atoms with E-state index in [0.717, 1.165) is 11.3 Å². The van der Waals surface area contributed by atoms with E-state index >= 15 is 0 Å². The second-order valence-electron chi connectivity index (χ2n) is 4.41. The molecular formula is C13H20O4S. The summed E-state index contributed by atoms with van der Waals surface area (Å²) >= 11 is 0. The van der Waals surface area contributed by atoms with Crippen molar-refractivity contribution >= 4 is 9.84 Å². The summed E-state index contributed by atoms with van der Waals surface area (Å²) in [5.74, 6) is 0.796. The first-order chi connectivity index (χ1) is 8.36. The molecule has 0 heterocycles. The van der Waals surface area contributed by atoms with Gasteiger partial charge in [0.05, 0.1) is 24.2 Å². The standard InChI is InChI=1S/C13H20O4S/c1-10(14)11(2)18(15,16)9-8-12-4-6-13(17-3)7-5-12/h4-7,10-11,14H,8-9H2,1-3H3/t10-,11+/m0/s1. The molecule has 0 amide bonds. The van der Waals surface area contributed by atoms with Gasteiger partial charge in [-0.25, -0.2) is 8.42 Å². The third-order valence-corrected chi connectivity index (χ3v) is 5.38. The number of sulfone groups is 1. The fourth-order valence-corrected chi connectivity index (χ4v) is 3.03. The molecule has 0 saturated carbocycles. The summed E-state index contributed by atoms with van der Waals surface area (Å²) in [5, 5.41) is 8.60. The van der Waals surface area contributed by atoms with Crippen LogP contribution in [0.1, 0.15) is 19.4 Å². The second-order valence-corrected chi connectivity index (χ2v) is 6.89. The molecule has 5 heteroatoms. The molecule has 18 heavy (non-hydrogen) atoms. The van der Waals surface area contributed by atoms with Gasteiger partial charge in [0.1, 0.15) is 5.75 Å². The Balaban J connectivity index is 2.64. The SMILES string of the molecule is COc1ccc(CCS(=O)(=O)[C@H](C)[C@H](C)O)cc1. The summed E-state index contributed by atoms with van der Waals surface area (Å²) in [5.41, 5.74) is 0.942. The molecule has 1 rings (SSSR count). The van der Waals surface area contributed by atoms with E-state index in [4.69, 9.17) is 4.74 Å². The van der Waals surface area contributed by atoms with Gasteiger partial charge in [-0.15, -0.1) is 0 Å². The molecule has 0 fully saturated rings. The van der Waals surface area contributed by atoms with E-state index in [2.05, 4.69) is 0 Å². The van der Waals surface area contributed by atoms with Crippen LogP contribution < -0.4 is 4.74 Å². The Kier molecular flexibility index (Phi) is 5.16. The number of methoxy groups -OCH3 is 1. The van der Waals surface area contributed by atoms with Crippen molar-refractivity contribution in [2.45, 2.75) is 31.6 Å². The Bertz CT molecular complexity index is 462. The Morgan fingerprint density at radius 2 is 1.78 bits per heavy atom. The number of benzene rings is 1. The number of hydrogen-bond donors (Lipinski definition) is 1. The summed E-state index contributed by atoms with van der Waals surface area (Å²) in [7, 11) is -1.67. The Labute approximate surface area is 109 Å². The Morgan fingerprint density at radius 3 is 2.22 bits per heavy atom. The minimum absolute atomic E-state index is 0.0470. The molecule has 2 atom stereocenters. The van der Waals surface area contributed by atoms with Crippen LogP contribution in [-0.2, 0) is 16.3 Å². The van der Waals surface area contributed by atoms with E-state index in [9.17, 15) is 13.5 Å². The fourth-order valence-electron chi connectivity index (χ4n) is 1.54. The van der Waals surface area contributed by atoms with Gasteiger partial charge in [-0.2, -0.15) is 0 Å². The van der Waals surface area contributed by atoms with Gasteiger partial charge in [-0.3, -0.25) is 0 Å². The number of ether oxygens (including phenoxy) is 1. The molecule has 4 nitrogen and oxygen atoms in total. The van der Waals surface area contributed by atoms with Crippen LogP contribution in [0.25, 0.3) is 0 Å². The van der Waals surface area contributed by atoms with Crippen LogP contribution in [0.3, 0.4) is 0 Å². The number of aliphatic hydroxyl groups is 1. The molecule has 0 aliphatic carbocycles. The molecule has 0 bridgehead atoms. The number of rotatable bonds is 6. The number of hydrogen-bond acceptors (Lipinski definition) is 4. The van der Waals surface area contributed by atoms with Gasteiger partial charge in [-0.1, -0.05) is 12.1 Å². The van der Waals surface area contributed by atoms with Crippen LogP contribution in [0.4, 0.5) is 0 Å². The van der Waals surface area contributed by atoms with Crippen molar-refractivity contribution in [1.82, 2.24) is 0 Å². The van der Waals surface area contributed by atoms with Crippen molar-refractivity contribution in [3.05, 3.63) is 29.8 Å². The quantitative estimate of drug-likeness (QED) is 0.850. The summed E-state index contributed by atoms with van der Waals surface area (Å²) in [6.07, 6.45) is -0.394. The van der Waals surface area contributed by atoms with E-state index in [1.807, 2.05) is 12.1 Å². The molecule has 102 valence electrons. The van der Waals surface area contributed by atoms with Gasteiger partial charge in [0.2, 0.25) is 0 Å². The average Bonchev–Trinajstić information content (AvgIpc) is 2.36. The highest BCUT2D eigenvalue weighted by Gasteiger charge is 2.24. The molecule has 0 unspecified atom stereocenters. The highest BCUT2D eigenvalue weighted by Crippen LogP contribution is 2.14. The van der Waals surface area contributed by atoms with Gasteiger partial charge in [0.15, 0.2) is 9.84 Å². The van der Waals surface area contributed by atoms with E-state index < -0.39 is 21.2 Å². The minimum atomic E-state index is -3.25. The first-order valence-electron chi connectivity index (χ1n) is 5.89. The summed E-state index contributed by atoms with van der Waals surface area (Å²) in [4.78, 5) is 0. The van der Waals surface area contributed by atoms with Crippen LogP contribution in [0, 0.1) is 0 Å². The number of aryl methyl sites for hydroxylation is 1. The Hall–Kier alpha value is -1.07. The molecular weight excluding hydrogens is 252 g/mol. The molecule has 0 aliphatic heterocycles. The highest BCUT2D eigenvalue weighted by atomic mass is 32.2. The van der Waals surface area contributed by atoms with Crippen LogP contribution in [0.5, 0.6) is 5.75 Å². The normalized spacial score (nSPS) is 15.1. The van der Waals surface area contributed by atoms with Gasteiger partial charge < -0.3 is 9.84 Å². The maximum atomic E-state index is 11.9. The van der Waals surface area contributed by atoms with Crippen LogP contribution in [0.2, 0.25) is 0 Å². The maximum absolute atomic E-state index is 11.9. The zero-order valence-corrected chi connectivity index (χ0v) is 11.8. The van der Waals surface area contributed by atoms with E-state index in [1.165, 1.54) is 13.8 Å². The monoisotopic (exact) mass is 272 g/mol. The van der Waals surface area contributed by atoms with Crippen molar-refractivity contribution < 1.29 is 18.3 Å². The second kappa shape index (κ2) is 6.20. The lowest BCUT2D eigenvalue weighted by molar-refractivity contribution is 0.193. The predicted molar refractivity (Wildman–Crippen MR) is 71.6 cm³/mol. The van der Waals surface area contributed by atoms with Crippen molar-refractivity contribution in [2.75, 3.05) is 12.9 Å². The van der Waals surface area contributed by atoms with E-state index in [1.54, 1.807) is 19.2 Å². The fraction of sp³-hybridized carbons (Fsp3) is 0.538. The summed E-state index contributed by atoms with van der Waals surface area (Å²) < 4.78 is 28.8. The van der Waals surface area contributed by atoms with E-state index in [0.29, 0.717) is 6.42 Å². The summed E-state index contributed by atoms with van der Waals surface area (Å²) in [6.45, 7) is 3.03. The predicted octanol–water partition coefficient (Wildman–Crippen LogP) is 1.42. The first kappa shape index (κ1) is 15.0. The summed E-state index contributed by atoms with van der Waals surface area (Å²) in [6, 6.07) is 7.31. The smallest absolute Gasteiger partial charge is 0.155 e. The molecule has 0 radical (unpaired) electrons. The number of aliphatic hydroxyl groups excluding tert-OH is 1. The third kappa shape index (κ3) is 3.99. The van der Waals surface area contributed by atoms with Crippen LogP contribution >= 0.6 is 0 Å². The van der Waals surface area contributed by atoms with Crippen molar-refractivity contribution in [1.29, 1.82) is 0 Å². The van der Waals surface area contributed by atoms with Gasteiger partial charge in [0.25, 0.3) is 0 Å². The molecule has 0 aliphatic rings. The van der Waals surface area contributed by atoms with Crippen LogP contribution in [-0.4, -0.2) is 37.7 Å². The molecule has 1 N–H and O–H groups in total. The zero-order chi connectivity index (χ0) is 13.8. The topological polar surface area (TPSA) is 63.6 Å². The maximum Gasteiger partial charge on any atom is 0.155 e. The molecule has 1 aromatic carbocycles. The lowest BCUT2D eigenvalue weighted by Gasteiger charge is -2.15.